The summed E-state index contributed by atoms with van der Waals surface area (Å²) in [5, 5.41) is 9.91. The Hall–Kier alpha value is -2.18. The largest absolute Gasteiger partial charge is 0.349 e. The minimum Gasteiger partial charge on any atom is -0.349 e. The van der Waals surface area contributed by atoms with Crippen LogP contribution in [-0.2, 0) is 16.1 Å². The number of hydrogen-bond acceptors (Lipinski definition) is 4. The summed E-state index contributed by atoms with van der Waals surface area (Å²) in [6, 6.07) is 8.32. The van der Waals surface area contributed by atoms with Crippen LogP contribution < -0.4 is 5.32 Å². The molecule has 0 saturated carbocycles. The summed E-state index contributed by atoms with van der Waals surface area (Å²) in [7, 11) is 0. The highest BCUT2D eigenvalue weighted by Gasteiger charge is 2.36. The number of carbonyl (C=O) groups is 1. The average Bonchev–Trinajstić information content (AvgIpc) is 3.10. The Bertz CT molecular complexity index is 868. The Morgan fingerprint density at radius 2 is 2.14 bits per heavy atom. The van der Waals surface area contributed by atoms with Crippen molar-refractivity contribution in [3.05, 3.63) is 47.3 Å². The van der Waals surface area contributed by atoms with Crippen LogP contribution in [0.5, 0.6) is 0 Å². The minimum atomic E-state index is 0.00120. The molecule has 1 aromatic heterocycles. The van der Waals surface area contributed by atoms with Crippen molar-refractivity contribution >= 4 is 5.91 Å². The van der Waals surface area contributed by atoms with Gasteiger partial charge in [0.05, 0.1) is 30.2 Å². The second kappa shape index (κ2) is 8.28. The Labute approximate surface area is 173 Å². The number of nitrogens with zero attached hydrogens (tertiary/aromatic N) is 3. The summed E-state index contributed by atoms with van der Waals surface area (Å²) in [6.07, 6.45) is 6.51. The lowest BCUT2D eigenvalue weighted by atomic mass is 9.74. The molecular formula is C23H32N4O2. The van der Waals surface area contributed by atoms with Gasteiger partial charge in [0, 0.05) is 25.1 Å². The second-order valence-corrected chi connectivity index (χ2v) is 9.13. The molecule has 0 radical (unpaired) electrons. The van der Waals surface area contributed by atoms with Gasteiger partial charge in [0.1, 0.15) is 0 Å². The van der Waals surface area contributed by atoms with Crippen LogP contribution in [-0.4, -0.2) is 40.4 Å². The molecule has 0 bridgehead atoms. The van der Waals surface area contributed by atoms with Gasteiger partial charge in [0.15, 0.2) is 0 Å². The molecule has 29 heavy (non-hydrogen) atoms. The first-order valence-corrected chi connectivity index (χ1v) is 10.7. The van der Waals surface area contributed by atoms with Crippen LogP contribution in [0.4, 0.5) is 0 Å². The van der Waals surface area contributed by atoms with Gasteiger partial charge < -0.3 is 5.32 Å². The van der Waals surface area contributed by atoms with Crippen LogP contribution in [0.3, 0.4) is 0 Å². The van der Waals surface area contributed by atoms with Gasteiger partial charge in [-0.1, -0.05) is 32.0 Å². The van der Waals surface area contributed by atoms with Gasteiger partial charge in [0.25, 0.3) is 0 Å². The van der Waals surface area contributed by atoms with Crippen molar-refractivity contribution in [2.75, 3.05) is 19.7 Å². The monoisotopic (exact) mass is 396 g/mol. The first-order valence-electron chi connectivity index (χ1n) is 10.7. The van der Waals surface area contributed by atoms with Crippen molar-refractivity contribution in [1.29, 1.82) is 0 Å². The van der Waals surface area contributed by atoms with Gasteiger partial charge in [-0.2, -0.15) is 10.2 Å². The summed E-state index contributed by atoms with van der Waals surface area (Å²) >= 11 is 0. The van der Waals surface area contributed by atoms with E-state index >= 15 is 0 Å². The van der Waals surface area contributed by atoms with Gasteiger partial charge in [-0.05, 0) is 49.7 Å². The molecule has 1 aliphatic carbocycles. The standard InChI is InChI=1S/C23H32N4O2/c1-17-8-4-5-9-20(17)27-21-15-23(2,3)14-19(18(21)16-24-27)25-22(28)10-12-26-11-6-7-13-29-26/h4-5,8-9,16,19H,6-7,10-15H2,1-3H3,(H,25,28). The van der Waals surface area contributed by atoms with E-state index < -0.39 is 0 Å². The van der Waals surface area contributed by atoms with E-state index in [0.29, 0.717) is 13.0 Å². The van der Waals surface area contributed by atoms with E-state index in [2.05, 4.69) is 42.9 Å². The predicted octanol–water partition coefficient (Wildman–Crippen LogP) is 3.73. The molecule has 1 fully saturated rings. The average molecular weight is 397 g/mol. The number of hydroxylamine groups is 2. The van der Waals surface area contributed by atoms with Crippen molar-refractivity contribution in [2.45, 2.75) is 58.9 Å². The van der Waals surface area contributed by atoms with E-state index in [0.717, 1.165) is 50.1 Å². The Kier molecular flexibility index (Phi) is 5.74. The fourth-order valence-corrected chi connectivity index (χ4v) is 4.50. The highest BCUT2D eigenvalue weighted by molar-refractivity contribution is 5.76. The van der Waals surface area contributed by atoms with Crippen LogP contribution in [0.15, 0.2) is 30.5 Å². The van der Waals surface area contributed by atoms with Crippen LogP contribution in [0.2, 0.25) is 0 Å². The zero-order valence-electron chi connectivity index (χ0n) is 17.8. The van der Waals surface area contributed by atoms with Crippen LogP contribution in [0.1, 0.15) is 62.4 Å². The molecule has 1 N–H and O–H groups in total. The maximum Gasteiger partial charge on any atom is 0.221 e. The van der Waals surface area contributed by atoms with E-state index in [-0.39, 0.29) is 17.4 Å². The molecule has 4 rings (SSSR count). The Morgan fingerprint density at radius 1 is 1.31 bits per heavy atom. The number of para-hydroxylation sites is 1. The lowest BCUT2D eigenvalue weighted by Crippen LogP contribution is -2.39. The topological polar surface area (TPSA) is 59.4 Å². The van der Waals surface area contributed by atoms with Crippen LogP contribution in [0, 0.1) is 12.3 Å². The second-order valence-electron chi connectivity index (χ2n) is 9.13. The fourth-order valence-electron chi connectivity index (χ4n) is 4.50. The molecule has 1 atom stereocenters. The molecule has 1 saturated heterocycles. The smallest absolute Gasteiger partial charge is 0.221 e. The quantitative estimate of drug-likeness (QED) is 0.837. The van der Waals surface area contributed by atoms with Crippen molar-refractivity contribution in [3.8, 4) is 5.69 Å². The number of nitrogens with one attached hydrogen (secondary N) is 1. The van der Waals surface area contributed by atoms with Crippen LogP contribution >= 0.6 is 0 Å². The zero-order chi connectivity index (χ0) is 20.4. The number of amides is 1. The highest BCUT2D eigenvalue weighted by atomic mass is 16.7. The molecule has 2 aliphatic rings. The summed E-state index contributed by atoms with van der Waals surface area (Å²) in [5.41, 5.74) is 4.76. The van der Waals surface area contributed by atoms with Crippen molar-refractivity contribution < 1.29 is 9.63 Å². The van der Waals surface area contributed by atoms with E-state index in [1.807, 2.05) is 23.4 Å². The predicted molar refractivity (Wildman–Crippen MR) is 113 cm³/mol. The number of benzene rings is 1. The SMILES string of the molecule is Cc1ccccc1-n1ncc2c1CC(C)(C)CC2NC(=O)CCN1CCCCO1. The molecule has 0 spiro atoms. The normalized spacial score (nSPS) is 21.6. The zero-order valence-corrected chi connectivity index (χ0v) is 17.8. The third-order valence-corrected chi connectivity index (χ3v) is 6.02. The highest BCUT2D eigenvalue weighted by Crippen LogP contribution is 2.41. The molecule has 1 aromatic carbocycles. The summed E-state index contributed by atoms with van der Waals surface area (Å²) < 4.78 is 2.06. The molecule has 1 unspecified atom stereocenters. The molecule has 6 heteroatoms. The number of carbonyl (C=O) groups excluding carboxylic acids is 1. The van der Waals surface area contributed by atoms with E-state index in [1.165, 1.54) is 11.3 Å². The fraction of sp³-hybridized carbons (Fsp3) is 0.565. The summed E-state index contributed by atoms with van der Waals surface area (Å²) in [4.78, 5) is 18.3. The first kappa shape index (κ1) is 20.1. The van der Waals surface area contributed by atoms with Gasteiger partial charge in [-0.25, -0.2) is 4.68 Å². The molecular weight excluding hydrogens is 364 g/mol. The minimum absolute atomic E-state index is 0.00120. The number of aryl methyl sites for hydroxylation is 1. The van der Waals surface area contributed by atoms with Gasteiger partial charge >= 0.3 is 0 Å². The number of aromatic nitrogens is 2. The number of hydrogen-bond donors (Lipinski definition) is 1. The van der Waals surface area contributed by atoms with Crippen molar-refractivity contribution in [1.82, 2.24) is 20.2 Å². The summed E-state index contributed by atoms with van der Waals surface area (Å²) in [6.45, 7) is 8.98. The first-order chi connectivity index (χ1) is 13.9. The van der Waals surface area contributed by atoms with Crippen molar-refractivity contribution in [3.63, 3.8) is 0 Å². The van der Waals surface area contributed by atoms with E-state index in [1.54, 1.807) is 0 Å². The van der Waals surface area contributed by atoms with E-state index in [9.17, 15) is 4.79 Å². The third-order valence-electron chi connectivity index (χ3n) is 6.02. The molecule has 1 amide bonds. The molecule has 156 valence electrons. The number of fused-ring (bicyclic) bond motifs is 1. The molecule has 1 aliphatic heterocycles. The van der Waals surface area contributed by atoms with E-state index in [4.69, 9.17) is 9.94 Å². The van der Waals surface area contributed by atoms with Gasteiger partial charge in [-0.15, -0.1) is 0 Å². The van der Waals surface area contributed by atoms with Crippen LogP contribution in [0.25, 0.3) is 5.69 Å². The lowest BCUT2D eigenvalue weighted by Gasteiger charge is -2.36. The third kappa shape index (κ3) is 4.54. The Morgan fingerprint density at radius 3 is 2.90 bits per heavy atom. The lowest BCUT2D eigenvalue weighted by molar-refractivity contribution is -0.181. The van der Waals surface area contributed by atoms with Gasteiger partial charge in [-0.3, -0.25) is 9.63 Å². The van der Waals surface area contributed by atoms with Gasteiger partial charge in [0.2, 0.25) is 5.91 Å². The molecule has 2 aromatic rings. The molecule has 6 nitrogen and oxygen atoms in total. The van der Waals surface area contributed by atoms with Crippen molar-refractivity contribution in [2.24, 2.45) is 5.41 Å². The Balaban J connectivity index is 1.50. The summed E-state index contributed by atoms with van der Waals surface area (Å²) in [5.74, 6) is 0.0801. The maximum atomic E-state index is 12.7. The maximum absolute atomic E-state index is 12.7. The molecule has 2 heterocycles. The number of rotatable bonds is 5.